The second kappa shape index (κ2) is 9.80. The Balaban J connectivity index is 2.18. The van der Waals surface area contributed by atoms with Crippen molar-refractivity contribution in [2.45, 2.75) is 13.0 Å². The van der Waals surface area contributed by atoms with Crippen molar-refractivity contribution >= 4 is 40.9 Å². The second-order valence-corrected chi connectivity index (χ2v) is 6.93. The normalized spacial score (nSPS) is 14.0. The molecule has 1 aliphatic heterocycles. The third-order valence-electron chi connectivity index (χ3n) is 4.59. The van der Waals surface area contributed by atoms with Crippen molar-refractivity contribution in [3.8, 4) is 23.8 Å². The minimum absolute atomic E-state index is 0.00775. The molecule has 0 radical (unpaired) electrons. The van der Waals surface area contributed by atoms with Crippen LogP contribution in [0.1, 0.15) is 29.7 Å². The van der Waals surface area contributed by atoms with E-state index >= 15 is 0 Å². The molecule has 1 aromatic heterocycles. The number of hydrogen-bond donors (Lipinski definition) is 4. The van der Waals surface area contributed by atoms with Crippen LogP contribution in [0.25, 0.3) is 0 Å². The maximum absolute atomic E-state index is 11.5. The van der Waals surface area contributed by atoms with Crippen molar-refractivity contribution in [2.75, 3.05) is 37.1 Å². The topological polar surface area (TPSA) is 194 Å². The molecule has 33 heavy (non-hydrogen) atoms. The van der Waals surface area contributed by atoms with Gasteiger partial charge in [-0.1, -0.05) is 11.6 Å². The summed E-state index contributed by atoms with van der Waals surface area (Å²) < 4.78 is 15.7. The molecule has 12 nitrogen and oxygen atoms in total. The van der Waals surface area contributed by atoms with Gasteiger partial charge in [-0.05, 0) is 13.0 Å². The fourth-order valence-corrected chi connectivity index (χ4v) is 3.40. The van der Waals surface area contributed by atoms with Crippen LogP contribution in [-0.4, -0.2) is 37.2 Å². The van der Waals surface area contributed by atoms with Gasteiger partial charge in [0.2, 0.25) is 5.96 Å². The van der Waals surface area contributed by atoms with Gasteiger partial charge in [0.1, 0.15) is 29.3 Å². The van der Waals surface area contributed by atoms with Gasteiger partial charge in [-0.3, -0.25) is 5.32 Å². The van der Waals surface area contributed by atoms with E-state index in [-0.39, 0.29) is 52.0 Å². The first-order valence-electron chi connectivity index (χ1n) is 9.49. The molecule has 0 saturated heterocycles. The molecular formula is C20H19ClN8O4. The predicted molar refractivity (Wildman–Crippen MR) is 120 cm³/mol. The number of nitrogens with two attached hydrogens (primary N) is 2. The molecule has 1 aromatic carbocycles. The third-order valence-corrected chi connectivity index (χ3v) is 4.92. The van der Waals surface area contributed by atoms with Gasteiger partial charge in [-0.2, -0.15) is 10.5 Å². The molecule has 13 heteroatoms. The summed E-state index contributed by atoms with van der Waals surface area (Å²) in [6.07, 6.45) is 1.77. The van der Waals surface area contributed by atoms with Gasteiger partial charge in [0, 0.05) is 17.2 Å². The third kappa shape index (κ3) is 4.61. The summed E-state index contributed by atoms with van der Waals surface area (Å²) in [5, 5.41) is 23.9. The van der Waals surface area contributed by atoms with Gasteiger partial charge in [0.05, 0.1) is 24.4 Å². The Morgan fingerprint density at radius 2 is 2.03 bits per heavy atom. The predicted octanol–water partition coefficient (Wildman–Crippen LogP) is 1.66. The minimum atomic E-state index is -0.876. The number of aliphatic imine (C=N–C) groups is 1. The Labute approximate surface area is 193 Å². The molecule has 1 unspecified atom stereocenters. The van der Waals surface area contributed by atoms with Crippen molar-refractivity contribution in [3.05, 3.63) is 33.8 Å². The second-order valence-electron chi connectivity index (χ2n) is 6.52. The smallest absolute Gasteiger partial charge is 0.343 e. The van der Waals surface area contributed by atoms with Gasteiger partial charge < -0.3 is 31.0 Å². The average molecular weight is 471 g/mol. The van der Waals surface area contributed by atoms with E-state index < -0.39 is 12.0 Å². The number of anilines is 3. The highest BCUT2D eigenvalue weighted by Gasteiger charge is 2.32. The molecular weight excluding hydrogens is 452 g/mol. The zero-order valence-electron chi connectivity index (χ0n) is 17.6. The van der Waals surface area contributed by atoms with Crippen LogP contribution in [0.2, 0.25) is 5.02 Å². The largest absolute Gasteiger partial charge is 0.490 e. The zero-order valence-corrected chi connectivity index (χ0v) is 18.4. The molecule has 6 N–H and O–H groups in total. The quantitative estimate of drug-likeness (QED) is 0.272. The van der Waals surface area contributed by atoms with E-state index in [1.807, 2.05) is 6.07 Å². The van der Waals surface area contributed by atoms with Crippen molar-refractivity contribution < 1.29 is 19.0 Å². The van der Waals surface area contributed by atoms with E-state index in [0.29, 0.717) is 17.7 Å². The van der Waals surface area contributed by atoms with Gasteiger partial charge in [0.25, 0.3) is 0 Å². The number of hydrogen-bond acceptors (Lipinski definition) is 12. The summed E-state index contributed by atoms with van der Waals surface area (Å²) >= 11 is 6.55. The monoisotopic (exact) mass is 470 g/mol. The number of pyridine rings is 1. The first kappa shape index (κ1) is 23.2. The SMILES string of the molecule is CCOc1cc(C2N=C(NC#N)Nc3nc(N)c(C#N)c(N)c32)c(Cl)cc1OCC(=O)OC. The Bertz CT molecular complexity index is 1220. The summed E-state index contributed by atoms with van der Waals surface area (Å²) in [6.45, 7) is 1.72. The Morgan fingerprint density at radius 3 is 2.67 bits per heavy atom. The van der Waals surface area contributed by atoms with Gasteiger partial charge in [-0.15, -0.1) is 0 Å². The first-order chi connectivity index (χ1) is 15.8. The van der Waals surface area contributed by atoms with E-state index in [2.05, 4.69) is 25.3 Å². The Kier molecular flexibility index (Phi) is 6.91. The zero-order chi connectivity index (χ0) is 24.1. The molecule has 3 rings (SSSR count). The Morgan fingerprint density at radius 1 is 1.30 bits per heavy atom. The summed E-state index contributed by atoms with van der Waals surface area (Å²) in [4.78, 5) is 20.2. The number of nitrogens with one attached hydrogen (secondary N) is 2. The average Bonchev–Trinajstić information content (AvgIpc) is 2.78. The number of halogens is 1. The molecule has 0 aliphatic carbocycles. The van der Waals surface area contributed by atoms with Crippen molar-refractivity contribution in [3.63, 3.8) is 0 Å². The standard InChI is InChI=1S/C20H19ClN8O4/c1-3-32-12-4-9(11(21)5-13(12)33-7-14(30)31-2)17-15-16(24)10(6-22)18(25)28-19(15)29-20(27-17)26-8-23/h4-5,17H,3,7H2,1-2H3,(H6,24,25,26,27,28,29). The molecule has 0 amide bonds. The maximum Gasteiger partial charge on any atom is 0.343 e. The first-order valence-corrected chi connectivity index (χ1v) is 9.87. The van der Waals surface area contributed by atoms with Crippen molar-refractivity contribution in [1.29, 1.82) is 10.5 Å². The molecule has 0 saturated carbocycles. The van der Waals surface area contributed by atoms with Crippen LogP contribution in [-0.2, 0) is 9.53 Å². The number of carbonyl (C=O) groups is 1. The van der Waals surface area contributed by atoms with Crippen LogP contribution in [0.3, 0.4) is 0 Å². The van der Waals surface area contributed by atoms with Gasteiger partial charge >= 0.3 is 5.97 Å². The fourth-order valence-electron chi connectivity index (χ4n) is 3.14. The van der Waals surface area contributed by atoms with Crippen LogP contribution >= 0.6 is 11.6 Å². The highest BCUT2D eigenvalue weighted by molar-refractivity contribution is 6.31. The summed E-state index contributed by atoms with van der Waals surface area (Å²) in [7, 11) is 1.24. The highest BCUT2D eigenvalue weighted by Crippen LogP contribution is 2.45. The number of aromatic nitrogens is 1. The molecule has 0 fully saturated rings. The van der Waals surface area contributed by atoms with Gasteiger partial charge in [0.15, 0.2) is 24.3 Å². The van der Waals surface area contributed by atoms with Crippen LogP contribution in [0.5, 0.6) is 11.5 Å². The minimum Gasteiger partial charge on any atom is -0.490 e. The maximum atomic E-state index is 11.5. The number of methoxy groups -OCH3 is 1. The van der Waals surface area contributed by atoms with E-state index in [9.17, 15) is 10.1 Å². The highest BCUT2D eigenvalue weighted by atomic mass is 35.5. The van der Waals surface area contributed by atoms with Crippen LogP contribution in [0.4, 0.5) is 17.3 Å². The number of nitrogens with zero attached hydrogens (tertiary/aromatic N) is 4. The van der Waals surface area contributed by atoms with E-state index in [1.165, 1.54) is 13.2 Å². The van der Waals surface area contributed by atoms with Crippen molar-refractivity contribution in [2.24, 2.45) is 4.99 Å². The molecule has 0 spiro atoms. The lowest BCUT2D eigenvalue weighted by molar-refractivity contribution is -0.142. The molecule has 0 bridgehead atoms. The lowest BCUT2D eigenvalue weighted by Gasteiger charge is -2.27. The number of ether oxygens (including phenoxy) is 3. The van der Waals surface area contributed by atoms with E-state index in [1.54, 1.807) is 19.2 Å². The Hall–Kier alpha value is -4.42. The molecule has 170 valence electrons. The summed E-state index contributed by atoms with van der Waals surface area (Å²) in [5.74, 6) is 0.125. The van der Waals surface area contributed by atoms with Crippen molar-refractivity contribution in [1.82, 2.24) is 10.3 Å². The number of rotatable bonds is 6. The summed E-state index contributed by atoms with van der Waals surface area (Å²) in [5.41, 5.74) is 12.9. The fraction of sp³-hybridized carbons (Fsp3) is 0.250. The molecule has 1 atom stereocenters. The number of esters is 1. The number of carbonyl (C=O) groups excluding carboxylic acids is 1. The number of guanidine groups is 1. The number of nitriles is 2. The lowest BCUT2D eigenvalue weighted by atomic mass is 9.94. The molecule has 2 heterocycles. The number of fused-ring (bicyclic) bond motifs is 1. The van der Waals surface area contributed by atoms with Crippen LogP contribution < -0.4 is 31.6 Å². The van der Waals surface area contributed by atoms with E-state index in [4.69, 9.17) is 37.8 Å². The molecule has 2 aromatic rings. The number of nitrogen functional groups attached to an aromatic ring is 2. The van der Waals surface area contributed by atoms with Gasteiger partial charge in [-0.25, -0.2) is 14.8 Å². The van der Waals surface area contributed by atoms with E-state index in [0.717, 1.165) is 0 Å². The molecule has 1 aliphatic rings. The lowest BCUT2D eigenvalue weighted by Crippen LogP contribution is -2.32. The number of benzene rings is 1. The summed E-state index contributed by atoms with van der Waals surface area (Å²) in [6, 6.07) is 4.10. The van der Waals surface area contributed by atoms with Crippen LogP contribution in [0, 0.1) is 22.8 Å². The van der Waals surface area contributed by atoms with Crippen LogP contribution in [0.15, 0.2) is 17.1 Å².